The predicted molar refractivity (Wildman–Crippen MR) is 81.7 cm³/mol. The molecule has 1 aromatic heterocycles. The molecule has 5 nitrogen and oxygen atoms in total. The summed E-state index contributed by atoms with van der Waals surface area (Å²) in [6, 6.07) is 7.64. The van der Waals surface area contributed by atoms with Crippen molar-refractivity contribution in [2.75, 3.05) is 13.1 Å². The van der Waals surface area contributed by atoms with Gasteiger partial charge in [-0.2, -0.15) is 0 Å². The van der Waals surface area contributed by atoms with E-state index in [9.17, 15) is 9.59 Å². The number of aliphatic carboxylic acids is 1. The zero-order valence-corrected chi connectivity index (χ0v) is 12.5. The average Bonchev–Trinajstić information content (AvgIpc) is 2.73. The summed E-state index contributed by atoms with van der Waals surface area (Å²) in [5, 5.41) is 9.83. The van der Waals surface area contributed by atoms with Gasteiger partial charge in [0.2, 0.25) is 0 Å². The number of aromatic nitrogens is 1. The molecule has 112 valence electrons. The molecule has 0 aliphatic rings. The number of ketones is 1. The number of carbonyl (C=O) groups excluding carboxylic acids is 1. The smallest absolute Gasteiger partial charge is 0.317 e. The molecular formula is C16H20N2O3. The lowest BCUT2D eigenvalue weighted by atomic mass is 10.1. The number of nitrogens with one attached hydrogen (secondary N) is 1. The number of carboxylic acid groups (broad SMARTS) is 1. The standard InChI is InChI=1S/C16H20N2O3/c1-10(2)18(9-15(20)21)8-14(19)16-11(3)17-13-7-5-4-6-12(13)16/h4-7,10,17H,8-9H2,1-3H3,(H,20,21). The molecule has 0 saturated heterocycles. The summed E-state index contributed by atoms with van der Waals surface area (Å²) in [4.78, 5) is 28.3. The third kappa shape index (κ3) is 3.31. The number of nitrogens with zero attached hydrogens (tertiary/aromatic N) is 1. The van der Waals surface area contributed by atoms with E-state index < -0.39 is 5.97 Å². The van der Waals surface area contributed by atoms with Gasteiger partial charge in [0, 0.05) is 28.2 Å². The van der Waals surface area contributed by atoms with Crippen LogP contribution in [0.25, 0.3) is 10.9 Å². The van der Waals surface area contributed by atoms with Gasteiger partial charge in [-0.25, -0.2) is 0 Å². The van der Waals surface area contributed by atoms with E-state index in [0.29, 0.717) is 5.56 Å². The van der Waals surface area contributed by atoms with E-state index in [1.165, 1.54) is 0 Å². The minimum absolute atomic E-state index is 0.00411. The van der Waals surface area contributed by atoms with E-state index in [0.717, 1.165) is 16.6 Å². The number of para-hydroxylation sites is 1. The number of carboxylic acids is 1. The SMILES string of the molecule is Cc1[nH]c2ccccc2c1C(=O)CN(CC(=O)O)C(C)C. The first-order valence-corrected chi connectivity index (χ1v) is 6.96. The minimum atomic E-state index is -0.924. The molecule has 0 spiro atoms. The van der Waals surface area contributed by atoms with E-state index in [4.69, 9.17) is 5.11 Å². The molecule has 0 bridgehead atoms. The first-order chi connectivity index (χ1) is 9.90. The highest BCUT2D eigenvalue weighted by Crippen LogP contribution is 2.22. The van der Waals surface area contributed by atoms with Crippen LogP contribution in [0.1, 0.15) is 29.9 Å². The van der Waals surface area contributed by atoms with Crippen LogP contribution in [0.3, 0.4) is 0 Å². The fourth-order valence-electron chi connectivity index (χ4n) is 2.49. The molecule has 1 aromatic carbocycles. The van der Waals surface area contributed by atoms with Crippen molar-refractivity contribution in [2.45, 2.75) is 26.8 Å². The lowest BCUT2D eigenvalue weighted by molar-refractivity contribution is -0.138. The van der Waals surface area contributed by atoms with Crippen molar-refractivity contribution in [1.29, 1.82) is 0 Å². The predicted octanol–water partition coefficient (Wildman–Crippen LogP) is 2.45. The largest absolute Gasteiger partial charge is 0.480 e. The van der Waals surface area contributed by atoms with E-state index in [2.05, 4.69) is 4.98 Å². The van der Waals surface area contributed by atoms with Crippen LogP contribution in [0.4, 0.5) is 0 Å². The van der Waals surface area contributed by atoms with Crippen LogP contribution in [-0.2, 0) is 4.79 Å². The highest BCUT2D eigenvalue weighted by Gasteiger charge is 2.21. The van der Waals surface area contributed by atoms with Crippen molar-refractivity contribution < 1.29 is 14.7 Å². The summed E-state index contributed by atoms with van der Waals surface area (Å²) in [7, 11) is 0. The highest BCUT2D eigenvalue weighted by atomic mass is 16.4. The number of hydrogen-bond acceptors (Lipinski definition) is 3. The summed E-state index contributed by atoms with van der Waals surface area (Å²) in [6.45, 7) is 5.61. The summed E-state index contributed by atoms with van der Waals surface area (Å²) < 4.78 is 0. The summed E-state index contributed by atoms with van der Waals surface area (Å²) in [5.41, 5.74) is 2.40. The van der Waals surface area contributed by atoms with E-state index in [1.807, 2.05) is 45.0 Å². The van der Waals surface area contributed by atoms with Crippen LogP contribution in [-0.4, -0.2) is 45.9 Å². The fourth-order valence-corrected chi connectivity index (χ4v) is 2.49. The van der Waals surface area contributed by atoms with Gasteiger partial charge in [0.25, 0.3) is 0 Å². The van der Waals surface area contributed by atoms with Crippen molar-refractivity contribution in [3.8, 4) is 0 Å². The molecule has 0 aliphatic heterocycles. The highest BCUT2D eigenvalue weighted by molar-refractivity contribution is 6.10. The molecule has 5 heteroatoms. The first-order valence-electron chi connectivity index (χ1n) is 6.96. The summed E-state index contributed by atoms with van der Waals surface area (Å²) >= 11 is 0. The number of fused-ring (bicyclic) bond motifs is 1. The van der Waals surface area contributed by atoms with Crippen LogP contribution in [0, 0.1) is 6.92 Å². The lowest BCUT2D eigenvalue weighted by Gasteiger charge is -2.23. The third-order valence-corrected chi connectivity index (χ3v) is 3.59. The summed E-state index contributed by atoms with van der Waals surface area (Å²) in [5.74, 6) is -0.980. The van der Waals surface area contributed by atoms with Gasteiger partial charge in [0.15, 0.2) is 5.78 Å². The molecule has 2 rings (SSSR count). The molecule has 0 radical (unpaired) electrons. The molecule has 0 unspecified atom stereocenters. The number of rotatable bonds is 6. The van der Waals surface area contributed by atoms with Gasteiger partial charge >= 0.3 is 5.97 Å². The van der Waals surface area contributed by atoms with Gasteiger partial charge in [-0.1, -0.05) is 18.2 Å². The van der Waals surface area contributed by atoms with Crippen LogP contribution in [0.5, 0.6) is 0 Å². The topological polar surface area (TPSA) is 73.4 Å². The maximum Gasteiger partial charge on any atom is 0.317 e. The molecule has 2 aromatic rings. The molecule has 1 heterocycles. The zero-order valence-electron chi connectivity index (χ0n) is 12.5. The Balaban J connectivity index is 2.29. The van der Waals surface area contributed by atoms with Gasteiger partial charge in [-0.15, -0.1) is 0 Å². The number of aryl methyl sites for hydroxylation is 1. The van der Waals surface area contributed by atoms with Crippen LogP contribution in [0.2, 0.25) is 0 Å². The number of carbonyl (C=O) groups is 2. The Morgan fingerprint density at radius 2 is 1.90 bits per heavy atom. The Kier molecular flexibility index (Phi) is 4.43. The molecule has 0 atom stereocenters. The van der Waals surface area contributed by atoms with E-state index in [-0.39, 0.29) is 24.9 Å². The second-order valence-electron chi connectivity index (χ2n) is 5.49. The molecule has 0 amide bonds. The van der Waals surface area contributed by atoms with Crippen LogP contribution >= 0.6 is 0 Å². The monoisotopic (exact) mass is 288 g/mol. The Bertz CT molecular complexity index is 673. The second kappa shape index (κ2) is 6.10. The Morgan fingerprint density at radius 1 is 1.24 bits per heavy atom. The van der Waals surface area contributed by atoms with Crippen molar-refractivity contribution in [3.05, 3.63) is 35.5 Å². The maximum atomic E-state index is 12.6. The molecule has 0 fully saturated rings. The quantitative estimate of drug-likeness (QED) is 0.801. The van der Waals surface area contributed by atoms with Gasteiger partial charge < -0.3 is 10.1 Å². The molecule has 0 aliphatic carbocycles. The lowest BCUT2D eigenvalue weighted by Crippen LogP contribution is -2.39. The Labute approximate surface area is 123 Å². The third-order valence-electron chi connectivity index (χ3n) is 3.59. The Hall–Kier alpha value is -2.14. The van der Waals surface area contributed by atoms with Crippen molar-refractivity contribution in [2.24, 2.45) is 0 Å². The van der Waals surface area contributed by atoms with Crippen molar-refractivity contribution in [3.63, 3.8) is 0 Å². The number of Topliss-reactive ketones (excluding diaryl/α,β-unsaturated/α-hetero) is 1. The van der Waals surface area contributed by atoms with E-state index >= 15 is 0 Å². The van der Waals surface area contributed by atoms with Gasteiger partial charge in [0.05, 0.1) is 13.1 Å². The number of benzene rings is 1. The molecule has 0 saturated carbocycles. The van der Waals surface area contributed by atoms with Gasteiger partial charge in [-0.05, 0) is 26.8 Å². The molecule has 2 N–H and O–H groups in total. The number of aromatic amines is 1. The van der Waals surface area contributed by atoms with Crippen molar-refractivity contribution >= 4 is 22.7 Å². The first kappa shape index (κ1) is 15.3. The fraction of sp³-hybridized carbons (Fsp3) is 0.375. The zero-order chi connectivity index (χ0) is 15.6. The van der Waals surface area contributed by atoms with Crippen LogP contribution in [0.15, 0.2) is 24.3 Å². The normalized spacial score (nSPS) is 11.5. The maximum absolute atomic E-state index is 12.6. The average molecular weight is 288 g/mol. The van der Waals surface area contributed by atoms with Gasteiger partial charge in [-0.3, -0.25) is 14.5 Å². The Morgan fingerprint density at radius 3 is 2.52 bits per heavy atom. The summed E-state index contributed by atoms with van der Waals surface area (Å²) in [6.07, 6.45) is 0. The second-order valence-corrected chi connectivity index (χ2v) is 5.49. The molecular weight excluding hydrogens is 268 g/mol. The van der Waals surface area contributed by atoms with Crippen molar-refractivity contribution in [1.82, 2.24) is 9.88 Å². The minimum Gasteiger partial charge on any atom is -0.480 e. The van der Waals surface area contributed by atoms with Gasteiger partial charge in [0.1, 0.15) is 0 Å². The number of H-pyrrole nitrogens is 1. The van der Waals surface area contributed by atoms with E-state index in [1.54, 1.807) is 4.90 Å². The van der Waals surface area contributed by atoms with Crippen LogP contribution < -0.4 is 0 Å². The molecule has 21 heavy (non-hydrogen) atoms. The number of hydrogen-bond donors (Lipinski definition) is 2.